The number of rotatable bonds is 12. The average Bonchev–Trinajstić information content (AvgIpc) is 2.48. The Labute approximate surface area is 152 Å². The molecule has 0 amide bonds. The van der Waals surface area contributed by atoms with Crippen LogP contribution in [0.25, 0.3) is 0 Å². The third kappa shape index (κ3) is 8.59. The van der Waals surface area contributed by atoms with Crippen molar-refractivity contribution in [2.75, 3.05) is 5.33 Å². The Balaban J connectivity index is 5.06. The predicted molar refractivity (Wildman–Crippen MR) is 102 cm³/mol. The van der Waals surface area contributed by atoms with E-state index in [0.717, 1.165) is 0 Å². The zero-order valence-electron chi connectivity index (χ0n) is 14.1. The van der Waals surface area contributed by atoms with Crippen molar-refractivity contribution in [1.29, 1.82) is 0 Å². The Hall–Kier alpha value is 1.23. The van der Waals surface area contributed by atoms with Crippen LogP contribution in [0.4, 0.5) is 0 Å². The number of alkyl halides is 2. The normalized spacial score (nSPS) is 14.8. The van der Waals surface area contributed by atoms with E-state index in [9.17, 15) is 4.79 Å². The summed E-state index contributed by atoms with van der Waals surface area (Å²) in [5, 5.41) is 0.593. The summed E-state index contributed by atoms with van der Waals surface area (Å²) in [5.41, 5.74) is 0. The molecule has 2 nitrogen and oxygen atoms in total. The molecule has 1 atom stereocenters. The molecule has 0 aromatic heterocycles. The Morgan fingerprint density at radius 3 is 1.67 bits per heavy atom. The summed E-state index contributed by atoms with van der Waals surface area (Å²) in [7, 11) is 0. The quantitative estimate of drug-likeness (QED) is 0.213. The molecular weight excluding hydrogens is 503 g/mol. The van der Waals surface area contributed by atoms with Crippen molar-refractivity contribution in [1.82, 2.24) is 0 Å². The summed E-state index contributed by atoms with van der Waals surface area (Å²) in [6.07, 6.45) is 7.22. The first kappa shape index (κ1) is 22.2. The first-order valence-electron chi connectivity index (χ1n) is 8.35. The Kier molecular flexibility index (Phi) is 12.4. The van der Waals surface area contributed by atoms with Crippen molar-refractivity contribution in [3.63, 3.8) is 0 Å². The summed E-state index contributed by atoms with van der Waals surface area (Å²) in [5.74, 6) is -0.0431. The van der Waals surface area contributed by atoms with Gasteiger partial charge in [0.05, 0.1) is 0 Å². The molecule has 0 spiro atoms. The van der Waals surface area contributed by atoms with E-state index in [1.54, 1.807) is 0 Å². The third-order valence-electron chi connectivity index (χ3n) is 3.94. The first-order chi connectivity index (χ1) is 9.87. The van der Waals surface area contributed by atoms with E-state index >= 15 is 0 Å². The van der Waals surface area contributed by atoms with E-state index < -0.39 is 23.1 Å². The van der Waals surface area contributed by atoms with Crippen LogP contribution >= 0.6 is 31.9 Å². The van der Waals surface area contributed by atoms with Gasteiger partial charge in [-0.15, -0.1) is 0 Å². The molecule has 126 valence electrons. The molecule has 0 aliphatic heterocycles. The van der Waals surface area contributed by atoms with E-state index in [1.807, 2.05) is 6.92 Å². The van der Waals surface area contributed by atoms with Crippen LogP contribution in [0.2, 0.25) is 13.3 Å². The molecule has 21 heavy (non-hydrogen) atoms. The zero-order chi connectivity index (χ0) is 16.4. The maximum atomic E-state index is 12.6. The molecule has 0 fully saturated rings. The van der Waals surface area contributed by atoms with Crippen LogP contribution in [0, 0.1) is 0 Å². The van der Waals surface area contributed by atoms with Gasteiger partial charge in [0, 0.05) is 0 Å². The molecule has 5 heteroatoms. The second-order valence-corrected chi connectivity index (χ2v) is 20.1. The predicted octanol–water partition coefficient (Wildman–Crippen LogP) is 6.42. The topological polar surface area (TPSA) is 26.3 Å². The molecular formula is C16H32Br2O2Sn. The van der Waals surface area contributed by atoms with Crippen molar-refractivity contribution in [2.24, 2.45) is 0 Å². The van der Waals surface area contributed by atoms with Gasteiger partial charge in [-0.05, 0) is 0 Å². The van der Waals surface area contributed by atoms with Crippen LogP contribution < -0.4 is 0 Å². The Bertz CT molecular complexity index is 274. The van der Waals surface area contributed by atoms with Crippen LogP contribution in [0.15, 0.2) is 0 Å². The average molecular weight is 535 g/mol. The molecule has 0 aliphatic carbocycles. The summed E-state index contributed by atoms with van der Waals surface area (Å²) < 4.78 is 9.30. The molecule has 0 radical (unpaired) electrons. The van der Waals surface area contributed by atoms with E-state index in [2.05, 4.69) is 52.6 Å². The van der Waals surface area contributed by atoms with Crippen molar-refractivity contribution in [3.05, 3.63) is 0 Å². The van der Waals surface area contributed by atoms with Crippen LogP contribution in [-0.2, 0) is 7.87 Å². The van der Waals surface area contributed by atoms with Gasteiger partial charge < -0.3 is 0 Å². The van der Waals surface area contributed by atoms with Crippen molar-refractivity contribution >= 4 is 56.6 Å². The number of carbonyl (C=O) groups excluding carboxylic acids is 1. The zero-order valence-corrected chi connectivity index (χ0v) is 20.2. The maximum absolute atomic E-state index is 12.6. The van der Waals surface area contributed by atoms with Gasteiger partial charge in [-0.3, -0.25) is 0 Å². The molecule has 0 rings (SSSR count). The van der Waals surface area contributed by atoms with E-state index in [1.165, 1.54) is 51.8 Å². The van der Waals surface area contributed by atoms with Gasteiger partial charge in [-0.25, -0.2) is 0 Å². The van der Waals surface area contributed by atoms with Crippen LogP contribution in [0.1, 0.15) is 66.2 Å². The summed E-state index contributed by atoms with van der Waals surface area (Å²) in [4.78, 5) is 12.6. The van der Waals surface area contributed by atoms with Crippen LogP contribution in [0.5, 0.6) is 0 Å². The fourth-order valence-electron chi connectivity index (χ4n) is 2.38. The number of hydrogen-bond acceptors (Lipinski definition) is 2. The molecule has 0 aromatic carbocycles. The third-order valence-corrected chi connectivity index (χ3v) is 19.0. The second kappa shape index (κ2) is 11.7. The van der Waals surface area contributed by atoms with Gasteiger partial charge >= 0.3 is 154 Å². The molecule has 0 heterocycles. The van der Waals surface area contributed by atoms with Gasteiger partial charge in [0.15, 0.2) is 0 Å². The first-order valence-corrected chi connectivity index (χ1v) is 17.5. The Morgan fingerprint density at radius 2 is 1.38 bits per heavy atom. The number of carbonyl (C=O) groups is 1. The number of halogens is 2. The number of unbranched alkanes of at least 4 members (excludes halogenated alkanes) is 3. The number of hydrogen-bond donors (Lipinski definition) is 0. The van der Waals surface area contributed by atoms with Crippen molar-refractivity contribution < 1.29 is 7.87 Å². The van der Waals surface area contributed by atoms with Crippen LogP contribution in [-0.4, -0.2) is 34.4 Å². The van der Waals surface area contributed by atoms with E-state index in [-0.39, 0.29) is 5.97 Å². The minimum absolute atomic E-state index is 0.0431. The van der Waals surface area contributed by atoms with Gasteiger partial charge in [0.1, 0.15) is 0 Å². The van der Waals surface area contributed by atoms with Crippen molar-refractivity contribution in [3.8, 4) is 0 Å². The minimum atomic E-state index is -2.81. The van der Waals surface area contributed by atoms with Gasteiger partial charge in [0.2, 0.25) is 0 Å². The molecule has 0 saturated heterocycles. The standard InChI is InChI=1S/C4H6Br2O2.3C4H9.Sn/c1-4(6,2-5)3(7)8;3*1-3-4-2;/h2H2,1H3,(H,7,8);3*1,3-4H2,2H3;/q;;;;+1/p-1. The molecule has 0 aromatic rings. The molecule has 0 saturated carbocycles. The summed E-state index contributed by atoms with van der Waals surface area (Å²) in [6, 6.07) is 0. The molecule has 1 unspecified atom stereocenters. The monoisotopic (exact) mass is 534 g/mol. The van der Waals surface area contributed by atoms with E-state index in [0.29, 0.717) is 5.33 Å². The van der Waals surface area contributed by atoms with Crippen LogP contribution in [0.3, 0.4) is 0 Å². The molecule has 0 bridgehead atoms. The molecule has 0 aliphatic rings. The summed E-state index contributed by atoms with van der Waals surface area (Å²) in [6.45, 7) is 8.59. The fourth-order valence-corrected chi connectivity index (χ4v) is 16.4. The Morgan fingerprint density at radius 1 is 1.00 bits per heavy atom. The second-order valence-electron chi connectivity index (χ2n) is 6.21. The van der Waals surface area contributed by atoms with E-state index in [4.69, 9.17) is 3.07 Å². The van der Waals surface area contributed by atoms with Gasteiger partial charge in [-0.2, -0.15) is 0 Å². The summed E-state index contributed by atoms with van der Waals surface area (Å²) >= 11 is 4.12. The SMILES string of the molecule is CCC[CH2][Sn]([CH2]CCC)([CH2]CCC)[O]C(=O)C(C)(Br)CBr. The fraction of sp³-hybridized carbons (Fsp3) is 0.938. The molecule has 0 N–H and O–H groups in total. The van der Waals surface area contributed by atoms with Gasteiger partial charge in [0.25, 0.3) is 0 Å². The van der Waals surface area contributed by atoms with Gasteiger partial charge in [-0.1, -0.05) is 0 Å². The van der Waals surface area contributed by atoms with Crippen molar-refractivity contribution in [2.45, 2.75) is 83.9 Å².